The van der Waals surface area contributed by atoms with Crippen LogP contribution in [0.25, 0.3) is 6.08 Å². The minimum atomic E-state index is 0.00287. The molecule has 13 heavy (non-hydrogen) atoms. The van der Waals surface area contributed by atoms with Gasteiger partial charge in [0.1, 0.15) is 0 Å². The second-order valence-corrected chi connectivity index (χ2v) is 3.15. The molecule has 2 nitrogen and oxygen atoms in total. The van der Waals surface area contributed by atoms with Gasteiger partial charge in [0.25, 0.3) is 0 Å². The van der Waals surface area contributed by atoms with Crippen LogP contribution in [0.1, 0.15) is 21.5 Å². The standard InChI is InChI=1S/C11H11NO/c12-7-11(13)10-5-4-8-2-1-3-9(8)6-10/h1,3-6H,2,7,12H2. The fourth-order valence-electron chi connectivity index (χ4n) is 1.54. The zero-order valence-electron chi connectivity index (χ0n) is 7.29. The van der Waals surface area contributed by atoms with Crippen LogP contribution in [0.3, 0.4) is 0 Å². The fourth-order valence-corrected chi connectivity index (χ4v) is 1.54. The van der Waals surface area contributed by atoms with Crippen molar-refractivity contribution >= 4 is 11.9 Å². The number of hydrogen-bond acceptors (Lipinski definition) is 2. The number of Topliss-reactive ketones (excluding diaryl/α,β-unsaturated/α-hetero) is 1. The molecule has 2 heteroatoms. The van der Waals surface area contributed by atoms with Crippen LogP contribution in [0.5, 0.6) is 0 Å². The summed E-state index contributed by atoms with van der Waals surface area (Å²) in [6.45, 7) is 0.0858. The third-order valence-electron chi connectivity index (χ3n) is 2.29. The van der Waals surface area contributed by atoms with Crippen molar-refractivity contribution < 1.29 is 4.79 Å². The quantitative estimate of drug-likeness (QED) is 0.687. The SMILES string of the molecule is NCC(=O)c1ccc2c(c1)C=CC2. The molecule has 0 aromatic heterocycles. The molecular weight excluding hydrogens is 162 g/mol. The minimum Gasteiger partial charge on any atom is -0.324 e. The number of ketones is 1. The summed E-state index contributed by atoms with van der Waals surface area (Å²) in [6, 6.07) is 5.76. The molecule has 0 unspecified atom stereocenters. The Morgan fingerprint density at radius 2 is 2.31 bits per heavy atom. The lowest BCUT2D eigenvalue weighted by atomic mass is 10.0. The van der Waals surface area contributed by atoms with E-state index >= 15 is 0 Å². The van der Waals surface area contributed by atoms with E-state index in [9.17, 15) is 4.79 Å². The van der Waals surface area contributed by atoms with Crippen molar-refractivity contribution in [3.05, 3.63) is 41.0 Å². The highest BCUT2D eigenvalue weighted by atomic mass is 16.1. The summed E-state index contributed by atoms with van der Waals surface area (Å²) < 4.78 is 0. The molecule has 0 saturated carbocycles. The molecule has 1 aliphatic carbocycles. The Balaban J connectivity index is 2.40. The van der Waals surface area contributed by atoms with E-state index in [2.05, 4.69) is 6.08 Å². The van der Waals surface area contributed by atoms with Gasteiger partial charge in [-0.2, -0.15) is 0 Å². The van der Waals surface area contributed by atoms with Crippen LogP contribution < -0.4 is 5.73 Å². The van der Waals surface area contributed by atoms with Gasteiger partial charge in [0.05, 0.1) is 6.54 Å². The first kappa shape index (κ1) is 8.20. The summed E-state index contributed by atoms with van der Waals surface area (Å²) in [7, 11) is 0. The highest BCUT2D eigenvalue weighted by molar-refractivity contribution is 5.98. The molecule has 2 N–H and O–H groups in total. The number of rotatable bonds is 2. The zero-order chi connectivity index (χ0) is 9.26. The predicted octanol–water partition coefficient (Wildman–Crippen LogP) is 1.40. The van der Waals surface area contributed by atoms with E-state index in [1.54, 1.807) is 0 Å². The molecule has 0 aliphatic heterocycles. The van der Waals surface area contributed by atoms with E-state index in [0.717, 1.165) is 12.0 Å². The third kappa shape index (κ3) is 1.40. The molecule has 1 aromatic rings. The van der Waals surface area contributed by atoms with Gasteiger partial charge < -0.3 is 5.73 Å². The number of hydrogen-bond donors (Lipinski definition) is 1. The number of benzene rings is 1. The molecule has 0 saturated heterocycles. The van der Waals surface area contributed by atoms with Crippen LogP contribution >= 0.6 is 0 Å². The van der Waals surface area contributed by atoms with E-state index in [4.69, 9.17) is 5.73 Å². The first-order valence-corrected chi connectivity index (χ1v) is 4.34. The lowest BCUT2D eigenvalue weighted by Crippen LogP contribution is -2.13. The molecule has 0 amide bonds. The maximum absolute atomic E-state index is 11.3. The molecule has 0 radical (unpaired) electrons. The molecule has 1 aromatic carbocycles. The summed E-state index contributed by atoms with van der Waals surface area (Å²) >= 11 is 0. The number of nitrogens with two attached hydrogens (primary N) is 1. The molecule has 1 aliphatic rings. The van der Waals surface area contributed by atoms with Crippen LogP contribution in [0.15, 0.2) is 24.3 Å². The van der Waals surface area contributed by atoms with E-state index in [-0.39, 0.29) is 12.3 Å². The van der Waals surface area contributed by atoms with Crippen molar-refractivity contribution in [2.45, 2.75) is 6.42 Å². The number of carbonyl (C=O) groups is 1. The molecule has 0 spiro atoms. The Kier molecular flexibility index (Phi) is 1.99. The first-order valence-electron chi connectivity index (χ1n) is 4.34. The Morgan fingerprint density at radius 3 is 3.08 bits per heavy atom. The predicted molar refractivity (Wildman–Crippen MR) is 52.6 cm³/mol. The van der Waals surface area contributed by atoms with Gasteiger partial charge in [-0.1, -0.05) is 24.3 Å². The Bertz CT molecular complexity index is 380. The van der Waals surface area contributed by atoms with E-state index < -0.39 is 0 Å². The molecule has 0 fully saturated rings. The number of fused-ring (bicyclic) bond motifs is 1. The maximum Gasteiger partial charge on any atom is 0.176 e. The van der Waals surface area contributed by atoms with Gasteiger partial charge in [-0.05, 0) is 23.6 Å². The van der Waals surface area contributed by atoms with Crippen LogP contribution in [0.2, 0.25) is 0 Å². The second kappa shape index (κ2) is 3.15. The Labute approximate surface area is 77.1 Å². The number of allylic oxidation sites excluding steroid dienone is 1. The largest absolute Gasteiger partial charge is 0.324 e. The Hall–Kier alpha value is -1.41. The summed E-state index contributed by atoms with van der Waals surface area (Å²) in [5, 5.41) is 0. The van der Waals surface area contributed by atoms with Crippen molar-refractivity contribution in [3.63, 3.8) is 0 Å². The van der Waals surface area contributed by atoms with Gasteiger partial charge >= 0.3 is 0 Å². The van der Waals surface area contributed by atoms with E-state index in [1.807, 2.05) is 24.3 Å². The average molecular weight is 173 g/mol. The van der Waals surface area contributed by atoms with Gasteiger partial charge in [-0.15, -0.1) is 0 Å². The smallest absolute Gasteiger partial charge is 0.176 e. The normalized spacial score (nSPS) is 13.0. The van der Waals surface area contributed by atoms with Gasteiger partial charge in [-0.3, -0.25) is 4.79 Å². The Morgan fingerprint density at radius 1 is 1.46 bits per heavy atom. The lowest BCUT2D eigenvalue weighted by molar-refractivity contribution is 0.100. The number of carbonyl (C=O) groups excluding carboxylic acids is 1. The summed E-state index contributed by atoms with van der Waals surface area (Å²) in [5.41, 5.74) is 8.44. The van der Waals surface area contributed by atoms with Crippen LogP contribution in [0, 0.1) is 0 Å². The van der Waals surface area contributed by atoms with Crippen molar-refractivity contribution in [2.75, 3.05) is 6.54 Å². The van der Waals surface area contributed by atoms with Crippen molar-refractivity contribution in [1.29, 1.82) is 0 Å². The minimum absolute atomic E-state index is 0.00287. The second-order valence-electron chi connectivity index (χ2n) is 3.15. The highest BCUT2D eigenvalue weighted by Gasteiger charge is 2.08. The van der Waals surface area contributed by atoms with Crippen LogP contribution in [0.4, 0.5) is 0 Å². The van der Waals surface area contributed by atoms with Gasteiger partial charge in [0.2, 0.25) is 0 Å². The molecule has 0 heterocycles. The van der Waals surface area contributed by atoms with Crippen LogP contribution in [-0.2, 0) is 6.42 Å². The van der Waals surface area contributed by atoms with Gasteiger partial charge in [-0.25, -0.2) is 0 Å². The first-order chi connectivity index (χ1) is 6.31. The maximum atomic E-state index is 11.3. The molecule has 0 bridgehead atoms. The van der Waals surface area contributed by atoms with E-state index in [0.29, 0.717) is 5.56 Å². The topological polar surface area (TPSA) is 43.1 Å². The van der Waals surface area contributed by atoms with E-state index in [1.165, 1.54) is 5.56 Å². The highest BCUT2D eigenvalue weighted by Crippen LogP contribution is 2.20. The molecule has 0 atom stereocenters. The average Bonchev–Trinajstić information content (AvgIpc) is 2.63. The van der Waals surface area contributed by atoms with Gasteiger partial charge in [0.15, 0.2) is 5.78 Å². The molecular formula is C11H11NO. The summed E-state index contributed by atoms with van der Waals surface area (Å²) in [4.78, 5) is 11.3. The lowest BCUT2D eigenvalue weighted by Gasteiger charge is -2.01. The molecule has 2 rings (SSSR count). The van der Waals surface area contributed by atoms with Crippen molar-refractivity contribution in [1.82, 2.24) is 0 Å². The fraction of sp³-hybridized carbons (Fsp3) is 0.182. The van der Waals surface area contributed by atoms with Crippen molar-refractivity contribution in [2.24, 2.45) is 5.73 Å². The summed E-state index contributed by atoms with van der Waals surface area (Å²) in [6.07, 6.45) is 5.12. The molecule has 66 valence electrons. The summed E-state index contributed by atoms with van der Waals surface area (Å²) in [5.74, 6) is 0.00287. The van der Waals surface area contributed by atoms with Gasteiger partial charge in [0, 0.05) is 5.56 Å². The van der Waals surface area contributed by atoms with Crippen LogP contribution in [-0.4, -0.2) is 12.3 Å². The zero-order valence-corrected chi connectivity index (χ0v) is 7.29. The van der Waals surface area contributed by atoms with Crippen molar-refractivity contribution in [3.8, 4) is 0 Å². The third-order valence-corrected chi connectivity index (χ3v) is 2.29. The monoisotopic (exact) mass is 173 g/mol.